The van der Waals surface area contributed by atoms with E-state index in [1.165, 1.54) is 24.3 Å². The summed E-state index contributed by atoms with van der Waals surface area (Å²) in [5.74, 6) is 3.43. The van der Waals surface area contributed by atoms with Crippen LogP contribution in [0.15, 0.2) is 0 Å². The molecule has 0 saturated carbocycles. The third-order valence-corrected chi connectivity index (χ3v) is 3.18. The third-order valence-electron chi connectivity index (χ3n) is 1.94. The van der Waals surface area contributed by atoms with Gasteiger partial charge in [0.15, 0.2) is 0 Å². The lowest BCUT2D eigenvalue weighted by atomic mass is 9.99. The topological polar surface area (TPSA) is 26.0 Å². The van der Waals surface area contributed by atoms with Crippen molar-refractivity contribution >= 4 is 11.8 Å². The Morgan fingerprint density at radius 3 is 2.78 bits per heavy atom. The molecule has 1 unspecified atom stereocenters. The number of nitrogens with two attached hydrogens (primary N) is 1. The molecule has 0 aliphatic carbocycles. The summed E-state index contributed by atoms with van der Waals surface area (Å²) in [6.07, 6.45) is 2.72. The molecule has 0 aromatic rings. The second-order valence-corrected chi connectivity index (χ2v) is 3.99. The van der Waals surface area contributed by atoms with Crippen molar-refractivity contribution in [3.05, 3.63) is 0 Å². The SMILES string of the molecule is C[C@H](N)C1CCCSC1. The molecule has 1 aliphatic heterocycles. The molecule has 2 N–H and O–H groups in total. The van der Waals surface area contributed by atoms with E-state index >= 15 is 0 Å². The molecule has 1 rings (SSSR count). The van der Waals surface area contributed by atoms with E-state index < -0.39 is 0 Å². The van der Waals surface area contributed by atoms with Crippen LogP contribution >= 0.6 is 11.8 Å². The van der Waals surface area contributed by atoms with Crippen molar-refractivity contribution in [3.63, 3.8) is 0 Å². The second kappa shape index (κ2) is 3.47. The molecule has 0 bridgehead atoms. The molecule has 0 aromatic heterocycles. The Bertz CT molecular complexity index is 77.0. The Morgan fingerprint density at radius 1 is 1.67 bits per heavy atom. The van der Waals surface area contributed by atoms with Crippen molar-refractivity contribution in [1.29, 1.82) is 0 Å². The largest absolute Gasteiger partial charge is 0.328 e. The number of hydrogen-bond donors (Lipinski definition) is 1. The summed E-state index contributed by atoms with van der Waals surface area (Å²) in [5.41, 5.74) is 5.75. The highest BCUT2D eigenvalue weighted by Gasteiger charge is 2.16. The Kier molecular flexibility index (Phi) is 2.86. The fraction of sp³-hybridized carbons (Fsp3) is 1.00. The summed E-state index contributed by atoms with van der Waals surface area (Å²) >= 11 is 2.05. The van der Waals surface area contributed by atoms with E-state index in [0.29, 0.717) is 6.04 Å². The van der Waals surface area contributed by atoms with E-state index in [-0.39, 0.29) is 0 Å². The smallest absolute Gasteiger partial charge is 0.00466 e. The monoisotopic (exact) mass is 145 g/mol. The van der Waals surface area contributed by atoms with Gasteiger partial charge in [0.05, 0.1) is 0 Å². The molecule has 2 atom stereocenters. The van der Waals surface area contributed by atoms with E-state index in [1.807, 2.05) is 0 Å². The van der Waals surface area contributed by atoms with Gasteiger partial charge in [-0.15, -0.1) is 0 Å². The maximum Gasteiger partial charge on any atom is 0.00466 e. The molecule has 54 valence electrons. The first kappa shape index (κ1) is 7.42. The molecule has 9 heavy (non-hydrogen) atoms. The summed E-state index contributed by atoms with van der Waals surface area (Å²) in [6, 6.07) is 0.415. The molecule has 0 spiro atoms. The normalized spacial score (nSPS) is 32.0. The van der Waals surface area contributed by atoms with Crippen LogP contribution in [0.1, 0.15) is 19.8 Å². The lowest BCUT2D eigenvalue weighted by Crippen LogP contribution is -2.30. The van der Waals surface area contributed by atoms with Crippen LogP contribution in [-0.4, -0.2) is 17.5 Å². The van der Waals surface area contributed by atoms with Gasteiger partial charge in [0.2, 0.25) is 0 Å². The predicted octanol–water partition coefficient (Wildman–Crippen LogP) is 1.48. The molecule has 1 aliphatic rings. The first-order valence-electron chi connectivity index (χ1n) is 3.64. The molecular weight excluding hydrogens is 130 g/mol. The molecule has 1 saturated heterocycles. The minimum absolute atomic E-state index is 0.415. The van der Waals surface area contributed by atoms with Crippen molar-refractivity contribution in [1.82, 2.24) is 0 Å². The molecule has 0 radical (unpaired) electrons. The predicted molar refractivity (Wildman–Crippen MR) is 43.7 cm³/mol. The van der Waals surface area contributed by atoms with Gasteiger partial charge >= 0.3 is 0 Å². The molecule has 1 heterocycles. The minimum Gasteiger partial charge on any atom is -0.328 e. The van der Waals surface area contributed by atoms with Gasteiger partial charge in [0.1, 0.15) is 0 Å². The molecule has 1 nitrogen and oxygen atoms in total. The summed E-state index contributed by atoms with van der Waals surface area (Å²) in [5, 5.41) is 0. The van der Waals surface area contributed by atoms with Gasteiger partial charge in [-0.2, -0.15) is 11.8 Å². The molecule has 0 amide bonds. The molecular formula is C7H15NS. The quantitative estimate of drug-likeness (QED) is 0.605. The van der Waals surface area contributed by atoms with Crippen LogP contribution in [0.4, 0.5) is 0 Å². The van der Waals surface area contributed by atoms with E-state index in [9.17, 15) is 0 Å². The van der Waals surface area contributed by atoms with Crippen molar-refractivity contribution in [3.8, 4) is 0 Å². The first-order valence-corrected chi connectivity index (χ1v) is 4.79. The van der Waals surface area contributed by atoms with Gasteiger partial charge in [0, 0.05) is 6.04 Å². The second-order valence-electron chi connectivity index (χ2n) is 2.84. The van der Waals surface area contributed by atoms with Gasteiger partial charge in [-0.3, -0.25) is 0 Å². The zero-order valence-electron chi connectivity index (χ0n) is 5.97. The third kappa shape index (κ3) is 2.18. The fourth-order valence-corrected chi connectivity index (χ4v) is 2.49. The molecule has 0 aromatic carbocycles. The maximum absolute atomic E-state index is 5.75. The van der Waals surface area contributed by atoms with Gasteiger partial charge in [0.25, 0.3) is 0 Å². The zero-order valence-corrected chi connectivity index (χ0v) is 6.79. The number of hydrogen-bond acceptors (Lipinski definition) is 2. The van der Waals surface area contributed by atoms with Crippen LogP contribution in [0.5, 0.6) is 0 Å². The van der Waals surface area contributed by atoms with Crippen LogP contribution in [0, 0.1) is 5.92 Å². The van der Waals surface area contributed by atoms with E-state index in [2.05, 4.69) is 18.7 Å². The minimum atomic E-state index is 0.415. The number of thioether (sulfide) groups is 1. The maximum atomic E-state index is 5.75. The highest BCUT2D eigenvalue weighted by atomic mass is 32.2. The summed E-state index contributed by atoms with van der Waals surface area (Å²) in [7, 11) is 0. The number of rotatable bonds is 1. The lowest BCUT2D eigenvalue weighted by molar-refractivity contribution is 0.446. The Balaban J connectivity index is 2.23. The van der Waals surface area contributed by atoms with E-state index in [4.69, 9.17) is 5.73 Å². The van der Waals surface area contributed by atoms with E-state index in [1.54, 1.807) is 0 Å². The van der Waals surface area contributed by atoms with Crippen molar-refractivity contribution in [2.45, 2.75) is 25.8 Å². The van der Waals surface area contributed by atoms with E-state index in [0.717, 1.165) is 5.92 Å². The Labute approximate surface area is 61.4 Å². The summed E-state index contributed by atoms with van der Waals surface area (Å²) in [6.45, 7) is 2.12. The van der Waals surface area contributed by atoms with Gasteiger partial charge < -0.3 is 5.73 Å². The highest BCUT2D eigenvalue weighted by molar-refractivity contribution is 7.99. The Morgan fingerprint density at radius 2 is 2.44 bits per heavy atom. The Hall–Kier alpha value is 0.310. The van der Waals surface area contributed by atoms with Crippen LogP contribution in [0.2, 0.25) is 0 Å². The van der Waals surface area contributed by atoms with Crippen LogP contribution in [0.3, 0.4) is 0 Å². The lowest BCUT2D eigenvalue weighted by Gasteiger charge is -2.24. The van der Waals surface area contributed by atoms with Crippen molar-refractivity contribution in [2.75, 3.05) is 11.5 Å². The average molecular weight is 145 g/mol. The molecule has 1 fully saturated rings. The van der Waals surface area contributed by atoms with Crippen molar-refractivity contribution in [2.24, 2.45) is 11.7 Å². The van der Waals surface area contributed by atoms with Crippen molar-refractivity contribution < 1.29 is 0 Å². The van der Waals surface area contributed by atoms with Gasteiger partial charge in [-0.25, -0.2) is 0 Å². The zero-order chi connectivity index (χ0) is 6.69. The summed E-state index contributed by atoms with van der Waals surface area (Å²) in [4.78, 5) is 0. The van der Waals surface area contributed by atoms with Gasteiger partial charge in [-0.05, 0) is 37.2 Å². The van der Waals surface area contributed by atoms with Crippen LogP contribution < -0.4 is 5.73 Å². The van der Waals surface area contributed by atoms with Crippen LogP contribution in [-0.2, 0) is 0 Å². The summed E-state index contributed by atoms with van der Waals surface area (Å²) < 4.78 is 0. The first-order chi connectivity index (χ1) is 4.30. The standard InChI is InChI=1S/C7H15NS/c1-6(8)7-3-2-4-9-5-7/h6-7H,2-5,8H2,1H3/t6-,7?/m0/s1. The molecule has 2 heteroatoms. The fourth-order valence-electron chi connectivity index (χ4n) is 1.18. The highest BCUT2D eigenvalue weighted by Crippen LogP contribution is 2.23. The van der Waals surface area contributed by atoms with Crippen LogP contribution in [0.25, 0.3) is 0 Å². The van der Waals surface area contributed by atoms with Gasteiger partial charge in [-0.1, -0.05) is 0 Å². The average Bonchev–Trinajstić information content (AvgIpc) is 1.90.